The number of hydrogen-bond donors (Lipinski definition) is 2. The summed E-state index contributed by atoms with van der Waals surface area (Å²) >= 11 is 5.26. The van der Waals surface area contributed by atoms with E-state index in [4.69, 9.17) is 12.2 Å². The molecule has 0 heterocycles. The number of hydrogen-bond acceptors (Lipinski definition) is 2. The van der Waals surface area contributed by atoms with Crippen LogP contribution in [0.1, 0.15) is 5.56 Å². The summed E-state index contributed by atoms with van der Waals surface area (Å²) in [6.07, 6.45) is 0.671. The van der Waals surface area contributed by atoms with Gasteiger partial charge in [0.25, 0.3) is 0 Å². The number of rotatable bonds is 3. The lowest BCUT2D eigenvalue weighted by Crippen LogP contribution is -2.11. The number of anilines is 1. The average Bonchev–Trinajstić information content (AvgIpc) is 2.33. The smallest absolute Gasteiger partial charge is 0.139 e. The maximum atomic E-state index is 9.60. The summed E-state index contributed by atoms with van der Waals surface area (Å²) < 4.78 is 0. The second kappa shape index (κ2) is 5.46. The number of benzene rings is 2. The van der Waals surface area contributed by atoms with Gasteiger partial charge in [0, 0.05) is 6.42 Å². The molecule has 2 aromatic rings. The number of thiocarbonyl (C=S) groups is 1. The van der Waals surface area contributed by atoms with Crippen molar-refractivity contribution in [3.63, 3.8) is 0 Å². The normalized spacial score (nSPS) is 9.88. The van der Waals surface area contributed by atoms with Gasteiger partial charge in [-0.15, -0.1) is 0 Å². The van der Waals surface area contributed by atoms with Gasteiger partial charge >= 0.3 is 0 Å². The van der Waals surface area contributed by atoms with Crippen molar-refractivity contribution in [2.45, 2.75) is 6.42 Å². The fraction of sp³-hybridized carbons (Fsp3) is 0.0714. The van der Waals surface area contributed by atoms with Crippen molar-refractivity contribution >= 4 is 22.9 Å². The summed E-state index contributed by atoms with van der Waals surface area (Å²) in [6, 6.07) is 17.1. The van der Waals surface area contributed by atoms with Crippen molar-refractivity contribution in [1.82, 2.24) is 0 Å². The first-order valence-electron chi connectivity index (χ1n) is 5.37. The fourth-order valence-electron chi connectivity index (χ4n) is 1.55. The molecular weight excluding hydrogens is 230 g/mol. The molecule has 2 nitrogen and oxygen atoms in total. The van der Waals surface area contributed by atoms with Crippen molar-refractivity contribution in [2.24, 2.45) is 0 Å². The average molecular weight is 243 g/mol. The lowest BCUT2D eigenvalue weighted by Gasteiger charge is -2.09. The zero-order valence-electron chi connectivity index (χ0n) is 9.26. The van der Waals surface area contributed by atoms with Crippen LogP contribution in [0, 0.1) is 0 Å². The molecule has 0 atom stereocenters. The minimum atomic E-state index is 0.211. The van der Waals surface area contributed by atoms with E-state index < -0.39 is 0 Å². The summed E-state index contributed by atoms with van der Waals surface area (Å²) in [5.41, 5.74) is 1.80. The van der Waals surface area contributed by atoms with Crippen LogP contribution >= 0.6 is 12.2 Å². The van der Waals surface area contributed by atoms with Crippen molar-refractivity contribution in [3.8, 4) is 5.75 Å². The second-order valence-electron chi connectivity index (χ2n) is 3.73. The van der Waals surface area contributed by atoms with Gasteiger partial charge in [-0.25, -0.2) is 0 Å². The predicted octanol–water partition coefficient (Wildman–Crippen LogP) is 3.37. The number of phenols is 1. The Morgan fingerprint density at radius 2 is 1.65 bits per heavy atom. The van der Waals surface area contributed by atoms with Gasteiger partial charge in [0.2, 0.25) is 0 Å². The van der Waals surface area contributed by atoms with Crippen LogP contribution in [0.15, 0.2) is 54.6 Å². The van der Waals surface area contributed by atoms with E-state index in [0.717, 1.165) is 5.56 Å². The van der Waals surface area contributed by atoms with Crippen LogP contribution in [-0.4, -0.2) is 10.1 Å². The molecule has 0 aliphatic carbocycles. The van der Waals surface area contributed by atoms with Crippen LogP contribution in [0.2, 0.25) is 0 Å². The standard InChI is InChI=1S/C14H13NOS/c16-13-9-5-4-8-12(13)15-14(17)10-11-6-2-1-3-7-11/h1-9,16H,10H2,(H,15,17). The first kappa shape index (κ1) is 11.6. The Balaban J connectivity index is 2.01. The maximum absolute atomic E-state index is 9.60. The van der Waals surface area contributed by atoms with Gasteiger partial charge in [-0.05, 0) is 17.7 Å². The van der Waals surface area contributed by atoms with Crippen LogP contribution in [0.3, 0.4) is 0 Å². The minimum Gasteiger partial charge on any atom is -0.506 e. The largest absolute Gasteiger partial charge is 0.506 e. The van der Waals surface area contributed by atoms with E-state index in [-0.39, 0.29) is 5.75 Å². The van der Waals surface area contributed by atoms with Crippen LogP contribution < -0.4 is 5.32 Å². The van der Waals surface area contributed by atoms with Crippen LogP contribution in [0.5, 0.6) is 5.75 Å². The first-order chi connectivity index (χ1) is 8.25. The van der Waals surface area contributed by atoms with E-state index >= 15 is 0 Å². The quantitative estimate of drug-likeness (QED) is 0.640. The molecule has 0 spiro atoms. The van der Waals surface area contributed by atoms with Gasteiger partial charge in [0.1, 0.15) is 5.75 Å². The summed E-state index contributed by atoms with van der Waals surface area (Å²) in [5.74, 6) is 0.211. The third kappa shape index (κ3) is 3.29. The number of aromatic hydroxyl groups is 1. The Hall–Kier alpha value is -1.87. The van der Waals surface area contributed by atoms with E-state index in [0.29, 0.717) is 17.1 Å². The Bertz CT molecular complexity index is 511. The molecule has 0 bridgehead atoms. The van der Waals surface area contributed by atoms with Crippen molar-refractivity contribution < 1.29 is 5.11 Å². The lowest BCUT2D eigenvalue weighted by molar-refractivity contribution is 0.478. The van der Waals surface area contributed by atoms with E-state index in [2.05, 4.69) is 5.32 Å². The highest BCUT2D eigenvalue weighted by molar-refractivity contribution is 7.80. The van der Waals surface area contributed by atoms with Crippen LogP contribution in [0.25, 0.3) is 0 Å². The number of phenolic OH excluding ortho intramolecular Hbond substituents is 1. The van der Waals surface area contributed by atoms with E-state index in [1.165, 1.54) is 0 Å². The molecule has 0 amide bonds. The Morgan fingerprint density at radius 3 is 2.35 bits per heavy atom. The van der Waals surface area contributed by atoms with Crippen LogP contribution in [-0.2, 0) is 6.42 Å². The Labute approximate surface area is 106 Å². The molecule has 0 aliphatic heterocycles. The minimum absolute atomic E-state index is 0.211. The van der Waals surface area contributed by atoms with Crippen molar-refractivity contribution in [2.75, 3.05) is 5.32 Å². The van der Waals surface area contributed by atoms with Crippen LogP contribution in [0.4, 0.5) is 5.69 Å². The molecule has 0 aliphatic rings. The summed E-state index contributed by atoms with van der Waals surface area (Å²) in [5, 5.41) is 12.6. The number of para-hydroxylation sites is 2. The monoisotopic (exact) mass is 243 g/mol. The molecule has 0 aromatic heterocycles. The molecule has 3 heteroatoms. The van der Waals surface area contributed by atoms with Crippen molar-refractivity contribution in [3.05, 3.63) is 60.2 Å². The van der Waals surface area contributed by atoms with Gasteiger partial charge in [-0.1, -0.05) is 54.7 Å². The molecule has 0 saturated heterocycles. The highest BCUT2D eigenvalue weighted by Gasteiger charge is 2.02. The molecule has 0 fully saturated rings. The SMILES string of the molecule is Oc1ccccc1NC(=S)Cc1ccccc1. The molecule has 2 rings (SSSR count). The summed E-state index contributed by atoms with van der Waals surface area (Å²) in [4.78, 5) is 0.692. The van der Waals surface area contributed by atoms with Gasteiger partial charge < -0.3 is 10.4 Å². The third-order valence-electron chi connectivity index (χ3n) is 2.39. The van der Waals surface area contributed by atoms with Gasteiger partial charge in [0.05, 0.1) is 10.7 Å². The van der Waals surface area contributed by atoms with Gasteiger partial charge in [0.15, 0.2) is 0 Å². The summed E-state index contributed by atoms with van der Waals surface area (Å²) in [6.45, 7) is 0. The van der Waals surface area contributed by atoms with Crippen molar-refractivity contribution in [1.29, 1.82) is 0 Å². The molecule has 2 N–H and O–H groups in total. The molecule has 0 radical (unpaired) electrons. The fourth-order valence-corrected chi connectivity index (χ4v) is 1.83. The molecule has 86 valence electrons. The molecule has 0 unspecified atom stereocenters. The third-order valence-corrected chi connectivity index (χ3v) is 2.63. The Kier molecular flexibility index (Phi) is 3.73. The Morgan fingerprint density at radius 1 is 1.00 bits per heavy atom. The number of nitrogens with one attached hydrogen (secondary N) is 1. The highest BCUT2D eigenvalue weighted by atomic mass is 32.1. The lowest BCUT2D eigenvalue weighted by atomic mass is 10.1. The molecular formula is C14H13NOS. The second-order valence-corrected chi connectivity index (χ2v) is 4.22. The molecule has 17 heavy (non-hydrogen) atoms. The summed E-state index contributed by atoms with van der Waals surface area (Å²) in [7, 11) is 0. The predicted molar refractivity (Wildman–Crippen MR) is 74.5 cm³/mol. The zero-order valence-corrected chi connectivity index (χ0v) is 10.1. The first-order valence-corrected chi connectivity index (χ1v) is 5.78. The zero-order chi connectivity index (χ0) is 12.1. The topological polar surface area (TPSA) is 32.3 Å². The van der Waals surface area contributed by atoms with E-state index in [1.54, 1.807) is 18.2 Å². The van der Waals surface area contributed by atoms with E-state index in [1.807, 2.05) is 36.4 Å². The highest BCUT2D eigenvalue weighted by Crippen LogP contribution is 2.21. The van der Waals surface area contributed by atoms with Gasteiger partial charge in [-0.2, -0.15) is 0 Å². The molecule has 0 saturated carbocycles. The molecule has 2 aromatic carbocycles. The maximum Gasteiger partial charge on any atom is 0.139 e. The van der Waals surface area contributed by atoms with Gasteiger partial charge in [-0.3, -0.25) is 0 Å². The van der Waals surface area contributed by atoms with E-state index in [9.17, 15) is 5.11 Å².